The molecule has 0 aliphatic carbocycles. The molecule has 4 heterocycles. The minimum atomic E-state index is 0.448. The fourth-order valence-electron chi connectivity index (χ4n) is 8.67. The van der Waals surface area contributed by atoms with Crippen LogP contribution in [0.5, 0.6) is 0 Å². The Morgan fingerprint density at radius 1 is 0.344 bits per heavy atom. The Bertz CT molecular complexity index is 3530. The normalized spacial score (nSPS) is 11.6. The highest BCUT2D eigenvalue weighted by molar-refractivity contribution is 6.16. The third-order valence-corrected chi connectivity index (χ3v) is 11.4. The van der Waals surface area contributed by atoms with E-state index in [4.69, 9.17) is 29.6 Å². The van der Waals surface area contributed by atoms with Crippen LogP contribution in [0.4, 0.5) is 0 Å². The molecule has 0 fully saturated rings. The van der Waals surface area contributed by atoms with Gasteiger partial charge in [-0.1, -0.05) is 146 Å². The zero-order valence-electron chi connectivity index (χ0n) is 32.6. The van der Waals surface area contributed by atoms with Gasteiger partial charge in [0.2, 0.25) is 11.8 Å². The quantitative estimate of drug-likeness (QED) is 0.160. The molecule has 0 amide bonds. The maximum absolute atomic E-state index is 6.73. The van der Waals surface area contributed by atoms with Crippen molar-refractivity contribution in [2.45, 2.75) is 0 Å². The summed E-state index contributed by atoms with van der Waals surface area (Å²) in [5.41, 5.74) is 10.7. The predicted octanol–water partition coefficient (Wildman–Crippen LogP) is 12.8. The van der Waals surface area contributed by atoms with E-state index in [1.807, 2.05) is 66.7 Å². The fraction of sp³-hybridized carbons (Fsp3) is 0. The zero-order chi connectivity index (χ0) is 40.3. The van der Waals surface area contributed by atoms with Crippen molar-refractivity contribution in [2.24, 2.45) is 0 Å². The monoisotopic (exact) mass is 783 g/mol. The molecular formula is C53H33N7O. The summed E-state index contributed by atoms with van der Waals surface area (Å²) in [6.07, 6.45) is 0. The van der Waals surface area contributed by atoms with Gasteiger partial charge in [0.15, 0.2) is 17.5 Å². The Morgan fingerprint density at radius 3 is 1.52 bits per heavy atom. The second kappa shape index (κ2) is 14.1. The number of rotatable bonds is 7. The van der Waals surface area contributed by atoms with E-state index in [0.29, 0.717) is 29.3 Å². The molecule has 12 rings (SSSR count). The van der Waals surface area contributed by atoms with Crippen LogP contribution in [-0.2, 0) is 0 Å². The van der Waals surface area contributed by atoms with Gasteiger partial charge in [-0.2, -0.15) is 0 Å². The Labute approximate surface area is 349 Å². The van der Waals surface area contributed by atoms with Gasteiger partial charge in [-0.25, -0.2) is 15.0 Å². The number of nitrogens with zero attached hydrogens (tertiary/aromatic N) is 7. The van der Waals surface area contributed by atoms with Crippen LogP contribution in [0.25, 0.3) is 112 Å². The number of para-hydroxylation sites is 4. The van der Waals surface area contributed by atoms with Crippen LogP contribution < -0.4 is 0 Å². The van der Waals surface area contributed by atoms with Crippen molar-refractivity contribution < 1.29 is 4.42 Å². The highest BCUT2D eigenvalue weighted by Crippen LogP contribution is 2.41. The van der Waals surface area contributed by atoms with Crippen LogP contribution >= 0.6 is 0 Å². The first kappa shape index (κ1) is 34.5. The van der Waals surface area contributed by atoms with Gasteiger partial charge in [0, 0.05) is 55.2 Å². The maximum Gasteiger partial charge on any atom is 0.250 e. The molecule has 0 N–H and O–H groups in total. The van der Waals surface area contributed by atoms with E-state index in [9.17, 15) is 0 Å². The summed E-state index contributed by atoms with van der Waals surface area (Å²) < 4.78 is 11.3. The zero-order valence-corrected chi connectivity index (χ0v) is 32.6. The molecule has 0 spiro atoms. The predicted molar refractivity (Wildman–Crippen MR) is 244 cm³/mol. The summed E-state index contributed by atoms with van der Waals surface area (Å²) in [6, 6.07) is 68.4. The Morgan fingerprint density at radius 2 is 0.820 bits per heavy atom. The highest BCUT2D eigenvalue weighted by atomic mass is 16.4. The molecule has 0 saturated heterocycles. The lowest BCUT2D eigenvalue weighted by Gasteiger charge is -2.11. The van der Waals surface area contributed by atoms with Crippen LogP contribution in [0.3, 0.4) is 0 Å². The van der Waals surface area contributed by atoms with Crippen molar-refractivity contribution in [2.75, 3.05) is 0 Å². The first-order valence-electron chi connectivity index (χ1n) is 20.2. The summed E-state index contributed by atoms with van der Waals surface area (Å²) in [6.45, 7) is 0. The third kappa shape index (κ3) is 5.72. The Balaban J connectivity index is 1.01. The van der Waals surface area contributed by atoms with Crippen molar-refractivity contribution >= 4 is 43.6 Å². The molecule has 0 radical (unpaired) electrons. The maximum atomic E-state index is 6.73. The highest BCUT2D eigenvalue weighted by Gasteiger charge is 2.23. The second-order valence-corrected chi connectivity index (χ2v) is 14.9. The molecule has 0 bridgehead atoms. The van der Waals surface area contributed by atoms with E-state index in [-0.39, 0.29) is 0 Å². The van der Waals surface area contributed by atoms with Gasteiger partial charge in [-0.15, -0.1) is 10.2 Å². The average Bonchev–Trinajstić information content (AvgIpc) is 4.06. The van der Waals surface area contributed by atoms with Gasteiger partial charge in [0.25, 0.3) is 0 Å². The number of hydrogen-bond acceptors (Lipinski definition) is 6. The molecule has 0 saturated carbocycles. The van der Waals surface area contributed by atoms with Crippen LogP contribution in [0.2, 0.25) is 0 Å². The molecule has 0 aliphatic heterocycles. The molecular weight excluding hydrogens is 751 g/mol. The minimum Gasteiger partial charge on any atom is -0.416 e. The number of aromatic nitrogens is 7. The molecule has 0 aliphatic rings. The standard InChI is InChI=1S/C53H33N7O/c1-4-17-34(18-5-1)49-54-50(35-19-6-2-7-20-35)56-51(55-49)36-21-14-24-38(33-36)59-45-31-13-11-26-41(45)47-42(28-16-32-46(47)59)52-57-58-53(61-52)43-29-15-27-40-39-25-10-12-30-44(39)60(48(40)43)37-22-8-3-9-23-37/h1-33H. The van der Waals surface area contributed by atoms with Crippen LogP contribution in [-0.4, -0.2) is 34.3 Å². The van der Waals surface area contributed by atoms with Crippen molar-refractivity contribution in [3.8, 4) is 68.4 Å². The summed E-state index contributed by atoms with van der Waals surface area (Å²) in [4.78, 5) is 14.9. The van der Waals surface area contributed by atoms with E-state index >= 15 is 0 Å². The number of hydrogen-bond donors (Lipinski definition) is 0. The topological polar surface area (TPSA) is 87.5 Å². The van der Waals surface area contributed by atoms with E-state index in [1.165, 1.54) is 0 Å². The molecule has 61 heavy (non-hydrogen) atoms. The lowest BCUT2D eigenvalue weighted by molar-refractivity contribution is 0.585. The van der Waals surface area contributed by atoms with Crippen molar-refractivity contribution in [3.63, 3.8) is 0 Å². The van der Waals surface area contributed by atoms with Gasteiger partial charge in [-0.3, -0.25) is 0 Å². The molecule has 0 unspecified atom stereocenters. The SMILES string of the molecule is c1ccc(-c2nc(-c3ccccc3)nc(-c3cccc(-n4c5ccccc5c5c(-c6nnc(-c7cccc8c9ccccc9n(-c9ccccc9)c78)o6)cccc54)c3)n2)cc1. The molecule has 286 valence electrons. The lowest BCUT2D eigenvalue weighted by atomic mass is 10.1. The van der Waals surface area contributed by atoms with Gasteiger partial charge in [0.05, 0.1) is 27.6 Å². The minimum absolute atomic E-state index is 0.448. The Hall–Kier alpha value is -8.49. The smallest absolute Gasteiger partial charge is 0.250 e. The van der Waals surface area contributed by atoms with E-state index in [2.05, 4.69) is 143 Å². The van der Waals surface area contributed by atoms with Gasteiger partial charge in [-0.05, 0) is 54.6 Å². The number of benzene rings is 8. The molecule has 12 aromatic rings. The summed E-state index contributed by atoms with van der Waals surface area (Å²) in [7, 11) is 0. The lowest BCUT2D eigenvalue weighted by Crippen LogP contribution is -2.01. The largest absolute Gasteiger partial charge is 0.416 e. The van der Waals surface area contributed by atoms with E-state index in [0.717, 1.165) is 82.8 Å². The van der Waals surface area contributed by atoms with Crippen LogP contribution in [0.1, 0.15) is 0 Å². The number of fused-ring (bicyclic) bond motifs is 6. The fourth-order valence-corrected chi connectivity index (χ4v) is 8.67. The first-order chi connectivity index (χ1) is 30.3. The van der Waals surface area contributed by atoms with Gasteiger partial charge >= 0.3 is 0 Å². The molecule has 8 nitrogen and oxygen atoms in total. The van der Waals surface area contributed by atoms with Crippen molar-refractivity contribution in [1.82, 2.24) is 34.3 Å². The Kier molecular flexibility index (Phi) is 7.99. The van der Waals surface area contributed by atoms with Crippen LogP contribution in [0.15, 0.2) is 205 Å². The van der Waals surface area contributed by atoms with Crippen LogP contribution in [0, 0.1) is 0 Å². The van der Waals surface area contributed by atoms with Gasteiger partial charge in [0.1, 0.15) is 0 Å². The molecule has 4 aromatic heterocycles. The molecule has 8 heteroatoms. The first-order valence-corrected chi connectivity index (χ1v) is 20.2. The molecule has 0 atom stereocenters. The third-order valence-electron chi connectivity index (χ3n) is 11.4. The average molecular weight is 784 g/mol. The summed E-state index contributed by atoms with van der Waals surface area (Å²) >= 11 is 0. The summed E-state index contributed by atoms with van der Waals surface area (Å²) in [5, 5.41) is 13.8. The summed E-state index contributed by atoms with van der Waals surface area (Å²) in [5.74, 6) is 2.73. The van der Waals surface area contributed by atoms with Crippen molar-refractivity contribution in [1.29, 1.82) is 0 Å². The molecule has 8 aromatic carbocycles. The van der Waals surface area contributed by atoms with E-state index < -0.39 is 0 Å². The van der Waals surface area contributed by atoms with Crippen molar-refractivity contribution in [3.05, 3.63) is 200 Å². The van der Waals surface area contributed by atoms with E-state index in [1.54, 1.807) is 0 Å². The second-order valence-electron chi connectivity index (χ2n) is 14.9. The van der Waals surface area contributed by atoms with Gasteiger partial charge < -0.3 is 13.6 Å².